The Morgan fingerprint density at radius 1 is 0.909 bits per heavy atom. The normalized spacial score (nSPS) is 14.5. The standard InChI is InChI=1S/C10H22O/c1-2-3-4-5-6-7-8-9-10-11/h11H,2-10H2,1H3/i10D. The molecule has 1 heteroatoms. The molecule has 1 N–H and O–H groups in total. The van der Waals surface area contributed by atoms with Gasteiger partial charge in [-0.2, -0.15) is 0 Å². The molecule has 0 rings (SSSR count). The van der Waals surface area contributed by atoms with Crippen LogP contribution in [0, 0.1) is 0 Å². The molecule has 0 fully saturated rings. The van der Waals surface area contributed by atoms with E-state index in [9.17, 15) is 0 Å². The van der Waals surface area contributed by atoms with Crippen LogP contribution in [-0.2, 0) is 0 Å². The quantitative estimate of drug-likeness (QED) is 0.539. The molecule has 0 aliphatic carbocycles. The van der Waals surface area contributed by atoms with Gasteiger partial charge in [-0.05, 0) is 6.42 Å². The van der Waals surface area contributed by atoms with Gasteiger partial charge in [0.05, 0.1) is 1.37 Å². The van der Waals surface area contributed by atoms with Gasteiger partial charge in [-0.15, -0.1) is 0 Å². The summed E-state index contributed by atoms with van der Waals surface area (Å²) in [5, 5.41) is 8.66. The molecule has 0 bridgehead atoms. The highest BCUT2D eigenvalue weighted by Crippen LogP contribution is 2.07. The summed E-state index contributed by atoms with van der Waals surface area (Å²) < 4.78 is 6.88. The van der Waals surface area contributed by atoms with E-state index in [2.05, 4.69) is 6.92 Å². The predicted octanol–water partition coefficient (Wildman–Crippen LogP) is 3.12. The van der Waals surface area contributed by atoms with Crippen molar-refractivity contribution < 1.29 is 6.48 Å². The van der Waals surface area contributed by atoms with E-state index in [1.54, 1.807) is 0 Å². The van der Waals surface area contributed by atoms with Gasteiger partial charge in [0, 0.05) is 6.58 Å². The van der Waals surface area contributed by atoms with Gasteiger partial charge in [-0.3, -0.25) is 0 Å². The van der Waals surface area contributed by atoms with Crippen molar-refractivity contribution in [3.63, 3.8) is 0 Å². The highest BCUT2D eigenvalue weighted by Gasteiger charge is 1.89. The zero-order chi connectivity index (χ0) is 9.23. The maximum atomic E-state index is 8.66. The van der Waals surface area contributed by atoms with Crippen molar-refractivity contribution in [2.24, 2.45) is 0 Å². The first-order valence-corrected chi connectivity index (χ1v) is 4.87. The van der Waals surface area contributed by atoms with Crippen LogP contribution < -0.4 is 0 Å². The Balaban J connectivity index is 2.82. The third-order valence-electron chi connectivity index (χ3n) is 1.94. The second-order valence-electron chi connectivity index (χ2n) is 3.09. The molecular formula is C10H22O. The number of unbranched alkanes of at least 4 members (excludes halogenated alkanes) is 6. The van der Waals surface area contributed by atoms with Gasteiger partial charge in [-0.1, -0.05) is 51.9 Å². The lowest BCUT2D eigenvalue weighted by molar-refractivity contribution is 0.282. The Morgan fingerprint density at radius 3 is 1.82 bits per heavy atom. The lowest BCUT2D eigenvalue weighted by Gasteiger charge is -1.98. The van der Waals surface area contributed by atoms with Crippen LogP contribution in [0.5, 0.6) is 0 Å². The van der Waals surface area contributed by atoms with E-state index in [4.69, 9.17) is 6.48 Å². The minimum absolute atomic E-state index is 0.647. The fraction of sp³-hybridized carbons (Fsp3) is 1.00. The zero-order valence-electron chi connectivity index (χ0n) is 8.68. The first-order chi connectivity index (χ1) is 5.77. The molecule has 0 saturated heterocycles. The minimum Gasteiger partial charge on any atom is -0.396 e. The molecule has 1 unspecified atom stereocenters. The van der Waals surface area contributed by atoms with Crippen LogP contribution in [-0.4, -0.2) is 11.7 Å². The summed E-state index contributed by atoms with van der Waals surface area (Å²) in [6, 6.07) is 0. The molecule has 0 aliphatic rings. The first-order valence-electron chi connectivity index (χ1n) is 5.45. The summed E-state index contributed by atoms with van der Waals surface area (Å²) in [5.74, 6) is 0. The van der Waals surface area contributed by atoms with E-state index >= 15 is 0 Å². The van der Waals surface area contributed by atoms with Gasteiger partial charge in [0.2, 0.25) is 0 Å². The summed E-state index contributed by atoms with van der Waals surface area (Å²) in [4.78, 5) is 0. The van der Waals surface area contributed by atoms with Crippen molar-refractivity contribution in [1.82, 2.24) is 0 Å². The van der Waals surface area contributed by atoms with E-state index < -0.39 is 6.58 Å². The van der Waals surface area contributed by atoms with Gasteiger partial charge < -0.3 is 5.11 Å². The molecular weight excluding hydrogens is 136 g/mol. The lowest BCUT2D eigenvalue weighted by Crippen LogP contribution is -1.83. The van der Waals surface area contributed by atoms with Gasteiger partial charge in [0.15, 0.2) is 0 Å². The smallest absolute Gasteiger partial charge is 0.0564 e. The van der Waals surface area contributed by atoms with Crippen molar-refractivity contribution in [1.29, 1.82) is 0 Å². The van der Waals surface area contributed by atoms with Crippen molar-refractivity contribution >= 4 is 0 Å². The van der Waals surface area contributed by atoms with Crippen molar-refractivity contribution in [3.05, 3.63) is 0 Å². The summed E-state index contributed by atoms with van der Waals surface area (Å²) in [6.45, 7) is 1.37. The van der Waals surface area contributed by atoms with Crippen LogP contribution in [0.2, 0.25) is 0 Å². The molecule has 0 aromatic rings. The fourth-order valence-corrected chi connectivity index (χ4v) is 1.19. The fourth-order valence-electron chi connectivity index (χ4n) is 1.19. The monoisotopic (exact) mass is 159 g/mol. The van der Waals surface area contributed by atoms with Gasteiger partial charge >= 0.3 is 0 Å². The van der Waals surface area contributed by atoms with E-state index in [1.165, 1.54) is 38.5 Å². The molecule has 68 valence electrons. The molecule has 0 amide bonds. The molecule has 11 heavy (non-hydrogen) atoms. The average Bonchev–Trinajstić information content (AvgIpc) is 2.02. The third kappa shape index (κ3) is 9.96. The second-order valence-corrected chi connectivity index (χ2v) is 3.09. The number of aliphatic hydroxyl groups is 1. The average molecular weight is 159 g/mol. The molecule has 1 atom stereocenters. The Labute approximate surface area is 72.2 Å². The highest BCUT2D eigenvalue weighted by atomic mass is 16.2. The van der Waals surface area contributed by atoms with E-state index in [0.29, 0.717) is 6.42 Å². The van der Waals surface area contributed by atoms with Crippen LogP contribution in [0.25, 0.3) is 0 Å². The van der Waals surface area contributed by atoms with Crippen molar-refractivity contribution in [2.45, 2.75) is 58.3 Å². The Morgan fingerprint density at radius 2 is 1.36 bits per heavy atom. The van der Waals surface area contributed by atoms with Crippen LogP contribution in [0.3, 0.4) is 0 Å². The molecule has 0 aromatic heterocycles. The van der Waals surface area contributed by atoms with Gasteiger partial charge in [0.1, 0.15) is 0 Å². The Hall–Kier alpha value is -0.0400. The number of rotatable bonds is 8. The minimum atomic E-state index is -0.847. The van der Waals surface area contributed by atoms with Crippen LogP contribution in [0.4, 0.5) is 0 Å². The molecule has 0 spiro atoms. The third-order valence-corrected chi connectivity index (χ3v) is 1.94. The van der Waals surface area contributed by atoms with Crippen molar-refractivity contribution in [2.75, 3.05) is 6.58 Å². The van der Waals surface area contributed by atoms with Crippen molar-refractivity contribution in [3.8, 4) is 0 Å². The SMILES string of the molecule is [2H]C(O)CCCCCCCCC. The molecule has 0 aliphatic heterocycles. The number of hydrogen-bond donors (Lipinski definition) is 1. The Kier molecular flexibility index (Phi) is 8.20. The van der Waals surface area contributed by atoms with E-state index in [-0.39, 0.29) is 0 Å². The zero-order valence-corrected chi connectivity index (χ0v) is 7.68. The summed E-state index contributed by atoms with van der Waals surface area (Å²) in [6.07, 6.45) is 9.42. The van der Waals surface area contributed by atoms with Crippen LogP contribution >= 0.6 is 0 Å². The predicted molar refractivity (Wildman–Crippen MR) is 49.7 cm³/mol. The molecule has 0 aromatic carbocycles. The number of aliphatic hydroxyl groups excluding tert-OH is 1. The summed E-state index contributed by atoms with van der Waals surface area (Å²) in [7, 11) is 0. The molecule has 0 saturated carbocycles. The molecule has 0 radical (unpaired) electrons. The van der Waals surface area contributed by atoms with E-state index in [1.807, 2.05) is 0 Å². The topological polar surface area (TPSA) is 20.2 Å². The van der Waals surface area contributed by atoms with E-state index in [0.717, 1.165) is 6.42 Å². The summed E-state index contributed by atoms with van der Waals surface area (Å²) in [5.41, 5.74) is 0. The molecule has 1 nitrogen and oxygen atoms in total. The maximum absolute atomic E-state index is 8.66. The Bertz CT molecular complexity index is 83.9. The molecule has 0 heterocycles. The van der Waals surface area contributed by atoms with Gasteiger partial charge in [-0.25, -0.2) is 0 Å². The largest absolute Gasteiger partial charge is 0.396 e. The first kappa shape index (κ1) is 9.05. The maximum Gasteiger partial charge on any atom is 0.0564 e. The highest BCUT2D eigenvalue weighted by molar-refractivity contribution is 4.44. The number of hydrogen-bond acceptors (Lipinski definition) is 1. The van der Waals surface area contributed by atoms with Gasteiger partial charge in [0.25, 0.3) is 0 Å². The van der Waals surface area contributed by atoms with Crippen LogP contribution in [0.15, 0.2) is 0 Å². The lowest BCUT2D eigenvalue weighted by atomic mass is 10.1. The van der Waals surface area contributed by atoms with Crippen LogP contribution in [0.1, 0.15) is 59.7 Å². The second kappa shape index (κ2) is 9.96. The summed E-state index contributed by atoms with van der Waals surface area (Å²) >= 11 is 0.